The van der Waals surface area contributed by atoms with E-state index >= 15 is 0 Å². The maximum Gasteiger partial charge on any atom is 0.410 e. The number of carbonyl (C=O) groups excluding carboxylic acids is 1. The minimum atomic E-state index is -0.738. The van der Waals surface area contributed by atoms with Crippen molar-refractivity contribution in [1.82, 2.24) is 10.2 Å². The second kappa shape index (κ2) is 5.83. The number of hydrogen-bond acceptors (Lipinski definition) is 3. The number of halogens is 2. The summed E-state index contributed by atoms with van der Waals surface area (Å²) in [5, 5.41) is 3.28. The quantitative estimate of drug-likeness (QED) is 0.746. The molecule has 1 atom stereocenters. The molecule has 19 heavy (non-hydrogen) atoms. The van der Waals surface area contributed by atoms with Gasteiger partial charge in [-0.25, -0.2) is 9.18 Å². The number of likely N-dealkylation sites (tertiary alicyclic amines) is 1. The zero-order valence-electron chi connectivity index (χ0n) is 11.9. The second-order valence-corrected chi connectivity index (χ2v) is 6.43. The van der Waals surface area contributed by atoms with Crippen LogP contribution in [-0.4, -0.2) is 47.9 Å². The van der Waals surface area contributed by atoms with Gasteiger partial charge in [-0.3, -0.25) is 0 Å². The largest absolute Gasteiger partial charge is 0.444 e. The number of amides is 1. The molecule has 0 aromatic heterocycles. The number of carbonyl (C=O) groups is 1. The summed E-state index contributed by atoms with van der Waals surface area (Å²) >= 11 is 0. The normalized spacial score (nSPS) is 26.1. The Morgan fingerprint density at radius 1 is 1.37 bits per heavy atom. The smallest absolute Gasteiger partial charge is 0.410 e. The van der Waals surface area contributed by atoms with Gasteiger partial charge in [-0.1, -0.05) is 0 Å². The van der Waals surface area contributed by atoms with E-state index in [1.54, 1.807) is 4.90 Å². The molecule has 0 bridgehead atoms. The van der Waals surface area contributed by atoms with Crippen molar-refractivity contribution >= 4 is 18.5 Å². The van der Waals surface area contributed by atoms with Gasteiger partial charge in [0, 0.05) is 25.2 Å². The lowest BCUT2D eigenvalue weighted by molar-refractivity contribution is 0.0155. The number of nitrogens with one attached hydrogen (secondary N) is 1. The number of hydrogen-bond donors (Lipinski definition) is 1. The molecule has 0 radical (unpaired) electrons. The lowest BCUT2D eigenvalue weighted by atomic mass is 9.86. The topological polar surface area (TPSA) is 41.6 Å². The summed E-state index contributed by atoms with van der Waals surface area (Å²) in [6, 6.07) is 0. The van der Waals surface area contributed by atoms with E-state index in [1.165, 1.54) is 0 Å². The van der Waals surface area contributed by atoms with Crippen LogP contribution in [0.15, 0.2) is 0 Å². The fourth-order valence-electron chi connectivity index (χ4n) is 2.72. The van der Waals surface area contributed by atoms with E-state index in [9.17, 15) is 9.18 Å². The summed E-state index contributed by atoms with van der Waals surface area (Å²) in [6.45, 7) is 7.34. The monoisotopic (exact) mass is 294 g/mol. The Morgan fingerprint density at radius 3 is 2.37 bits per heavy atom. The van der Waals surface area contributed by atoms with Crippen LogP contribution >= 0.6 is 12.4 Å². The Morgan fingerprint density at radius 2 is 1.95 bits per heavy atom. The first-order valence-electron chi connectivity index (χ1n) is 6.67. The average molecular weight is 295 g/mol. The lowest BCUT2D eigenvalue weighted by Crippen LogP contribution is -2.52. The maximum absolute atomic E-state index is 13.3. The SMILES string of the molecule is CC(C)(C)OC(=O)N1CCC2(CC1)CC(F)CN2.Cl. The predicted octanol–water partition coefficient (Wildman–Crippen LogP) is 2.51. The number of piperidine rings is 1. The van der Waals surface area contributed by atoms with Gasteiger partial charge in [-0.05, 0) is 40.0 Å². The predicted molar refractivity (Wildman–Crippen MR) is 74.5 cm³/mol. The van der Waals surface area contributed by atoms with Crippen molar-refractivity contribution in [3.8, 4) is 0 Å². The highest BCUT2D eigenvalue weighted by Gasteiger charge is 2.42. The molecule has 1 N–H and O–H groups in total. The zero-order chi connectivity index (χ0) is 13.4. The van der Waals surface area contributed by atoms with E-state index in [2.05, 4.69) is 5.32 Å². The third-order valence-electron chi connectivity index (χ3n) is 3.68. The maximum atomic E-state index is 13.3. The van der Waals surface area contributed by atoms with Gasteiger partial charge >= 0.3 is 6.09 Å². The van der Waals surface area contributed by atoms with Crippen LogP contribution in [0.25, 0.3) is 0 Å². The zero-order valence-corrected chi connectivity index (χ0v) is 12.7. The molecular formula is C13H24ClFN2O2. The van der Waals surface area contributed by atoms with E-state index in [4.69, 9.17) is 4.74 Å². The molecular weight excluding hydrogens is 271 g/mol. The summed E-state index contributed by atoms with van der Waals surface area (Å²) in [7, 11) is 0. The summed E-state index contributed by atoms with van der Waals surface area (Å²) < 4.78 is 18.6. The van der Waals surface area contributed by atoms with E-state index in [1.807, 2.05) is 20.8 Å². The minimum Gasteiger partial charge on any atom is -0.444 e. The Hall–Kier alpha value is -0.550. The third kappa shape index (κ3) is 4.21. The number of rotatable bonds is 0. The molecule has 6 heteroatoms. The van der Waals surface area contributed by atoms with Crippen molar-refractivity contribution in [3.63, 3.8) is 0 Å². The molecule has 2 heterocycles. The highest BCUT2D eigenvalue weighted by molar-refractivity contribution is 5.85. The van der Waals surface area contributed by atoms with Gasteiger partial charge < -0.3 is 15.0 Å². The first kappa shape index (κ1) is 16.5. The van der Waals surface area contributed by atoms with Gasteiger partial charge in [0.05, 0.1) is 0 Å². The minimum absolute atomic E-state index is 0. The van der Waals surface area contributed by atoms with Crippen molar-refractivity contribution in [1.29, 1.82) is 0 Å². The van der Waals surface area contributed by atoms with E-state index in [0.29, 0.717) is 26.1 Å². The van der Waals surface area contributed by atoms with Crippen molar-refractivity contribution < 1.29 is 13.9 Å². The molecule has 4 nitrogen and oxygen atoms in total. The third-order valence-corrected chi connectivity index (χ3v) is 3.68. The molecule has 2 saturated heterocycles. The molecule has 1 amide bonds. The summed E-state index contributed by atoms with van der Waals surface area (Å²) in [5.41, 5.74) is -0.542. The van der Waals surface area contributed by atoms with Crippen molar-refractivity contribution in [3.05, 3.63) is 0 Å². The molecule has 0 aromatic carbocycles. The first-order valence-corrected chi connectivity index (χ1v) is 6.67. The average Bonchev–Trinajstić information content (AvgIpc) is 2.58. The Bertz CT molecular complexity index is 325. The van der Waals surface area contributed by atoms with Crippen LogP contribution in [0.2, 0.25) is 0 Å². The van der Waals surface area contributed by atoms with Crippen LogP contribution in [0.3, 0.4) is 0 Å². The second-order valence-electron chi connectivity index (χ2n) is 6.43. The van der Waals surface area contributed by atoms with Crippen LogP contribution in [0.4, 0.5) is 9.18 Å². The summed E-state index contributed by atoms with van der Waals surface area (Å²) in [6.07, 6.45) is 1.21. The summed E-state index contributed by atoms with van der Waals surface area (Å²) in [4.78, 5) is 13.6. The van der Waals surface area contributed by atoms with Crippen LogP contribution in [-0.2, 0) is 4.74 Å². The number of alkyl halides is 1. The van der Waals surface area contributed by atoms with Gasteiger partial charge in [0.2, 0.25) is 0 Å². The number of ether oxygens (including phenoxy) is 1. The molecule has 1 unspecified atom stereocenters. The van der Waals surface area contributed by atoms with Gasteiger partial charge in [0.25, 0.3) is 0 Å². The fraction of sp³-hybridized carbons (Fsp3) is 0.923. The van der Waals surface area contributed by atoms with E-state index in [0.717, 1.165) is 12.8 Å². The lowest BCUT2D eigenvalue weighted by Gasteiger charge is -2.39. The molecule has 0 aliphatic carbocycles. The van der Waals surface area contributed by atoms with Gasteiger partial charge in [-0.15, -0.1) is 12.4 Å². The van der Waals surface area contributed by atoms with Crippen molar-refractivity contribution in [2.75, 3.05) is 19.6 Å². The van der Waals surface area contributed by atoms with Crippen molar-refractivity contribution in [2.45, 2.75) is 57.3 Å². The molecule has 0 saturated carbocycles. The van der Waals surface area contributed by atoms with Crippen LogP contribution < -0.4 is 5.32 Å². The number of nitrogens with zero attached hydrogens (tertiary/aromatic N) is 1. The van der Waals surface area contributed by atoms with E-state index < -0.39 is 11.8 Å². The fourth-order valence-corrected chi connectivity index (χ4v) is 2.72. The molecule has 2 aliphatic heterocycles. The van der Waals surface area contributed by atoms with Gasteiger partial charge in [-0.2, -0.15) is 0 Å². The highest BCUT2D eigenvalue weighted by Crippen LogP contribution is 2.32. The molecule has 2 rings (SSSR count). The first-order chi connectivity index (χ1) is 8.30. The molecule has 2 fully saturated rings. The van der Waals surface area contributed by atoms with Crippen LogP contribution in [0, 0.1) is 0 Å². The van der Waals surface area contributed by atoms with Gasteiger partial charge in [0.1, 0.15) is 11.8 Å². The Labute approximate surface area is 120 Å². The standard InChI is InChI=1S/C13H23FN2O2.ClH/c1-12(2,3)18-11(17)16-6-4-13(5-7-16)8-10(14)9-15-13;/h10,15H,4-9H2,1-3H3;1H. The molecule has 2 aliphatic rings. The van der Waals surface area contributed by atoms with Crippen molar-refractivity contribution in [2.24, 2.45) is 0 Å². The molecule has 0 aromatic rings. The Balaban J connectivity index is 0.00000180. The van der Waals surface area contributed by atoms with E-state index in [-0.39, 0.29) is 24.0 Å². The molecule has 112 valence electrons. The van der Waals surface area contributed by atoms with Gasteiger partial charge in [0.15, 0.2) is 0 Å². The van der Waals surface area contributed by atoms with Crippen LogP contribution in [0.1, 0.15) is 40.0 Å². The molecule has 1 spiro atoms. The Kier molecular flexibility index (Phi) is 5.07. The van der Waals surface area contributed by atoms with Crippen LogP contribution in [0.5, 0.6) is 0 Å². The highest BCUT2D eigenvalue weighted by atomic mass is 35.5. The summed E-state index contributed by atoms with van der Waals surface area (Å²) in [5.74, 6) is 0.